The lowest BCUT2D eigenvalue weighted by Gasteiger charge is -2.25. The van der Waals surface area contributed by atoms with E-state index < -0.39 is 0 Å². The molecular formula is C14H21NO2. The summed E-state index contributed by atoms with van der Waals surface area (Å²) in [6, 6.07) is 10.0. The van der Waals surface area contributed by atoms with Gasteiger partial charge in [0, 0.05) is 6.42 Å². The van der Waals surface area contributed by atoms with Gasteiger partial charge >= 0.3 is 0 Å². The van der Waals surface area contributed by atoms with E-state index in [9.17, 15) is 4.79 Å². The highest BCUT2D eigenvalue weighted by atomic mass is 16.5. The van der Waals surface area contributed by atoms with Crippen molar-refractivity contribution in [2.75, 3.05) is 6.61 Å². The molecule has 3 nitrogen and oxygen atoms in total. The fourth-order valence-corrected chi connectivity index (χ4v) is 1.50. The van der Waals surface area contributed by atoms with Crippen LogP contribution in [0.4, 0.5) is 0 Å². The Hall–Kier alpha value is -1.35. The van der Waals surface area contributed by atoms with E-state index in [4.69, 9.17) is 4.74 Å². The minimum Gasteiger partial charge on any atom is -0.374 e. The third-order valence-corrected chi connectivity index (χ3v) is 2.37. The molecule has 0 bridgehead atoms. The van der Waals surface area contributed by atoms with Crippen molar-refractivity contribution >= 4 is 5.91 Å². The standard InChI is InChI=1S/C14H21NO2/c1-4-13(16)15-14(2,3)11-17-10-12-8-6-5-7-9-12/h5-9H,4,10-11H2,1-3H3,(H,15,16). The average Bonchev–Trinajstić information content (AvgIpc) is 2.29. The first-order valence-corrected chi connectivity index (χ1v) is 5.96. The summed E-state index contributed by atoms with van der Waals surface area (Å²) in [5.41, 5.74) is 0.826. The van der Waals surface area contributed by atoms with Crippen LogP contribution in [0.5, 0.6) is 0 Å². The Kier molecular flexibility index (Phi) is 5.16. The maximum absolute atomic E-state index is 11.3. The van der Waals surface area contributed by atoms with Gasteiger partial charge in [-0.05, 0) is 19.4 Å². The number of carbonyl (C=O) groups is 1. The predicted molar refractivity (Wildman–Crippen MR) is 68.6 cm³/mol. The lowest BCUT2D eigenvalue weighted by Crippen LogP contribution is -2.46. The second-order valence-electron chi connectivity index (χ2n) is 4.76. The van der Waals surface area contributed by atoms with Crippen molar-refractivity contribution in [1.82, 2.24) is 5.32 Å². The summed E-state index contributed by atoms with van der Waals surface area (Å²) in [4.78, 5) is 11.3. The summed E-state index contributed by atoms with van der Waals surface area (Å²) < 4.78 is 5.62. The van der Waals surface area contributed by atoms with Crippen molar-refractivity contribution in [2.45, 2.75) is 39.3 Å². The zero-order valence-corrected chi connectivity index (χ0v) is 10.8. The molecule has 0 aliphatic rings. The molecule has 0 radical (unpaired) electrons. The van der Waals surface area contributed by atoms with Crippen molar-refractivity contribution < 1.29 is 9.53 Å². The Morgan fingerprint density at radius 1 is 1.29 bits per heavy atom. The van der Waals surface area contributed by atoms with Crippen LogP contribution >= 0.6 is 0 Å². The molecule has 0 aliphatic carbocycles. The molecule has 0 fully saturated rings. The van der Waals surface area contributed by atoms with Gasteiger partial charge in [0.25, 0.3) is 0 Å². The lowest BCUT2D eigenvalue weighted by molar-refractivity contribution is -0.123. The Morgan fingerprint density at radius 3 is 2.53 bits per heavy atom. The minimum absolute atomic E-state index is 0.0540. The molecule has 0 saturated heterocycles. The van der Waals surface area contributed by atoms with E-state index in [0.717, 1.165) is 5.56 Å². The zero-order valence-electron chi connectivity index (χ0n) is 10.8. The van der Waals surface area contributed by atoms with Gasteiger partial charge in [0.2, 0.25) is 5.91 Å². The fraction of sp³-hybridized carbons (Fsp3) is 0.500. The van der Waals surface area contributed by atoms with Gasteiger partial charge in [-0.25, -0.2) is 0 Å². The average molecular weight is 235 g/mol. The zero-order chi connectivity index (χ0) is 12.7. The molecule has 3 heteroatoms. The smallest absolute Gasteiger partial charge is 0.220 e. The van der Waals surface area contributed by atoms with Crippen molar-refractivity contribution in [3.8, 4) is 0 Å². The number of rotatable bonds is 6. The number of ether oxygens (including phenoxy) is 1. The van der Waals surface area contributed by atoms with Crippen LogP contribution in [0.15, 0.2) is 30.3 Å². The third kappa shape index (κ3) is 5.50. The molecular weight excluding hydrogens is 214 g/mol. The number of carbonyl (C=O) groups excluding carboxylic acids is 1. The number of hydrogen-bond donors (Lipinski definition) is 1. The Bertz CT molecular complexity index is 346. The molecule has 1 aromatic rings. The predicted octanol–water partition coefficient (Wildman–Crippen LogP) is 2.51. The Labute approximate surface area is 103 Å². The maximum atomic E-state index is 11.3. The molecule has 0 aliphatic heterocycles. The van der Waals surface area contributed by atoms with Gasteiger partial charge in [0.1, 0.15) is 0 Å². The summed E-state index contributed by atoms with van der Waals surface area (Å²) in [6.45, 7) is 6.85. The van der Waals surface area contributed by atoms with Gasteiger partial charge in [0.15, 0.2) is 0 Å². The normalized spacial score (nSPS) is 11.2. The van der Waals surface area contributed by atoms with Crippen molar-refractivity contribution in [3.05, 3.63) is 35.9 Å². The summed E-state index contributed by atoms with van der Waals surface area (Å²) in [6.07, 6.45) is 0.502. The summed E-state index contributed by atoms with van der Waals surface area (Å²) in [5, 5.41) is 2.93. The highest BCUT2D eigenvalue weighted by Gasteiger charge is 2.19. The molecule has 0 spiro atoms. The van der Waals surface area contributed by atoms with Crippen molar-refractivity contribution in [1.29, 1.82) is 0 Å². The maximum Gasteiger partial charge on any atom is 0.220 e. The van der Waals surface area contributed by atoms with E-state index in [2.05, 4.69) is 5.32 Å². The van der Waals surface area contributed by atoms with Crippen LogP contribution in [0.1, 0.15) is 32.8 Å². The number of nitrogens with one attached hydrogen (secondary N) is 1. The van der Waals surface area contributed by atoms with Crippen LogP contribution in [0.25, 0.3) is 0 Å². The Morgan fingerprint density at radius 2 is 1.94 bits per heavy atom. The molecule has 1 amide bonds. The molecule has 1 rings (SSSR count). The minimum atomic E-state index is -0.318. The molecule has 0 heterocycles. The Balaban J connectivity index is 2.32. The van der Waals surface area contributed by atoms with Gasteiger partial charge in [-0.3, -0.25) is 4.79 Å². The van der Waals surface area contributed by atoms with Crippen LogP contribution < -0.4 is 5.32 Å². The van der Waals surface area contributed by atoms with Crippen molar-refractivity contribution in [3.63, 3.8) is 0 Å². The number of hydrogen-bond acceptors (Lipinski definition) is 2. The van der Waals surface area contributed by atoms with Crippen LogP contribution in [-0.4, -0.2) is 18.1 Å². The van der Waals surface area contributed by atoms with Crippen molar-refractivity contribution in [2.24, 2.45) is 0 Å². The van der Waals surface area contributed by atoms with E-state index in [-0.39, 0.29) is 11.4 Å². The van der Waals surface area contributed by atoms with E-state index in [1.165, 1.54) is 0 Å². The van der Waals surface area contributed by atoms with Gasteiger partial charge < -0.3 is 10.1 Å². The van der Waals surface area contributed by atoms with E-state index in [1.807, 2.05) is 51.1 Å². The van der Waals surface area contributed by atoms with E-state index in [0.29, 0.717) is 19.6 Å². The van der Waals surface area contributed by atoms with E-state index in [1.54, 1.807) is 0 Å². The molecule has 0 unspecified atom stereocenters. The SMILES string of the molecule is CCC(=O)NC(C)(C)COCc1ccccc1. The van der Waals surface area contributed by atoms with Crippen LogP contribution in [-0.2, 0) is 16.1 Å². The first-order chi connectivity index (χ1) is 8.03. The second-order valence-corrected chi connectivity index (χ2v) is 4.76. The first kappa shape index (κ1) is 13.7. The summed E-state index contributed by atoms with van der Waals surface area (Å²) >= 11 is 0. The molecule has 1 N–H and O–H groups in total. The van der Waals surface area contributed by atoms with Gasteiger partial charge in [0.05, 0.1) is 18.8 Å². The quantitative estimate of drug-likeness (QED) is 0.822. The topological polar surface area (TPSA) is 38.3 Å². The van der Waals surface area contributed by atoms with Gasteiger partial charge in [-0.1, -0.05) is 37.3 Å². The third-order valence-electron chi connectivity index (χ3n) is 2.37. The molecule has 1 aromatic carbocycles. The second kappa shape index (κ2) is 6.40. The highest BCUT2D eigenvalue weighted by Crippen LogP contribution is 2.06. The van der Waals surface area contributed by atoms with Gasteiger partial charge in [-0.15, -0.1) is 0 Å². The first-order valence-electron chi connectivity index (χ1n) is 5.96. The summed E-state index contributed by atoms with van der Waals surface area (Å²) in [7, 11) is 0. The largest absolute Gasteiger partial charge is 0.374 e. The molecule has 0 saturated carbocycles. The molecule has 17 heavy (non-hydrogen) atoms. The number of amides is 1. The lowest BCUT2D eigenvalue weighted by atomic mass is 10.1. The molecule has 0 atom stereocenters. The van der Waals surface area contributed by atoms with Crippen LogP contribution in [0, 0.1) is 0 Å². The molecule has 94 valence electrons. The van der Waals surface area contributed by atoms with Crippen LogP contribution in [0.2, 0.25) is 0 Å². The monoisotopic (exact) mass is 235 g/mol. The number of benzene rings is 1. The van der Waals surface area contributed by atoms with Gasteiger partial charge in [-0.2, -0.15) is 0 Å². The van der Waals surface area contributed by atoms with E-state index >= 15 is 0 Å². The van der Waals surface area contributed by atoms with Crippen LogP contribution in [0.3, 0.4) is 0 Å². The summed E-state index contributed by atoms with van der Waals surface area (Å²) in [5.74, 6) is 0.0540. The molecule has 0 aromatic heterocycles. The highest BCUT2D eigenvalue weighted by molar-refractivity contribution is 5.76. The fourth-order valence-electron chi connectivity index (χ4n) is 1.50.